The Morgan fingerprint density at radius 3 is 3.07 bits per heavy atom. The molecule has 0 bridgehead atoms. The summed E-state index contributed by atoms with van der Waals surface area (Å²) in [5, 5.41) is 8.60. The van der Waals surface area contributed by atoms with E-state index in [9.17, 15) is 9.59 Å². The second-order valence-electron chi connectivity index (χ2n) is 3.41. The number of morpholine rings is 1. The van der Waals surface area contributed by atoms with Gasteiger partial charge < -0.3 is 15.6 Å². The van der Waals surface area contributed by atoms with Crippen LogP contribution in [0.3, 0.4) is 0 Å². The third kappa shape index (κ3) is 2.68. The number of ether oxygens (including phenoxy) is 1. The summed E-state index contributed by atoms with van der Waals surface area (Å²) in [6.07, 6.45) is 0. The number of nitrogens with zero attached hydrogens (tertiary/aromatic N) is 1. The summed E-state index contributed by atoms with van der Waals surface area (Å²) in [5.41, 5.74) is 5.36. The molecule has 14 heavy (non-hydrogen) atoms. The van der Waals surface area contributed by atoms with Crippen molar-refractivity contribution in [1.82, 2.24) is 4.90 Å². The second-order valence-corrected chi connectivity index (χ2v) is 3.41. The molecule has 0 aromatic heterocycles. The van der Waals surface area contributed by atoms with Gasteiger partial charge in [0.2, 0.25) is 0 Å². The molecule has 0 saturated carbocycles. The van der Waals surface area contributed by atoms with Crippen LogP contribution in [0.2, 0.25) is 0 Å². The summed E-state index contributed by atoms with van der Waals surface area (Å²) in [6, 6.07) is -0.929. The highest BCUT2D eigenvalue weighted by Gasteiger charge is 2.27. The van der Waals surface area contributed by atoms with Gasteiger partial charge in [-0.2, -0.15) is 0 Å². The van der Waals surface area contributed by atoms with Crippen molar-refractivity contribution >= 4 is 11.9 Å². The summed E-state index contributed by atoms with van der Waals surface area (Å²) in [6.45, 7) is 2.44. The summed E-state index contributed by atoms with van der Waals surface area (Å²) in [7, 11) is 0. The Kier molecular flexibility index (Phi) is 3.43. The molecule has 0 radical (unpaired) electrons. The van der Waals surface area contributed by atoms with Gasteiger partial charge in [0.1, 0.15) is 12.6 Å². The first-order chi connectivity index (χ1) is 6.50. The van der Waals surface area contributed by atoms with Crippen molar-refractivity contribution in [2.75, 3.05) is 19.7 Å². The Hall–Kier alpha value is -1.14. The van der Waals surface area contributed by atoms with E-state index in [0.29, 0.717) is 6.61 Å². The Labute approximate surface area is 81.6 Å². The van der Waals surface area contributed by atoms with Crippen molar-refractivity contribution in [3.05, 3.63) is 0 Å². The van der Waals surface area contributed by atoms with Gasteiger partial charge >= 0.3 is 11.9 Å². The lowest BCUT2D eigenvalue weighted by molar-refractivity contribution is -0.155. The van der Waals surface area contributed by atoms with Gasteiger partial charge in [-0.3, -0.25) is 14.5 Å². The van der Waals surface area contributed by atoms with Crippen LogP contribution in [0.15, 0.2) is 0 Å². The third-order valence-corrected chi connectivity index (χ3v) is 2.19. The van der Waals surface area contributed by atoms with E-state index < -0.39 is 12.0 Å². The number of nitrogens with two attached hydrogens (primary N) is 1. The van der Waals surface area contributed by atoms with Crippen molar-refractivity contribution < 1.29 is 19.4 Å². The Morgan fingerprint density at radius 1 is 1.86 bits per heavy atom. The van der Waals surface area contributed by atoms with Crippen LogP contribution in [0, 0.1) is 0 Å². The summed E-state index contributed by atoms with van der Waals surface area (Å²) in [5.74, 6) is -1.39. The van der Waals surface area contributed by atoms with E-state index in [0.717, 1.165) is 0 Å². The van der Waals surface area contributed by atoms with E-state index in [1.165, 1.54) is 0 Å². The van der Waals surface area contributed by atoms with Crippen molar-refractivity contribution in [2.24, 2.45) is 5.73 Å². The zero-order valence-electron chi connectivity index (χ0n) is 7.97. The largest absolute Gasteiger partial charge is 0.480 e. The van der Waals surface area contributed by atoms with Crippen LogP contribution < -0.4 is 5.73 Å². The van der Waals surface area contributed by atoms with Gasteiger partial charge in [-0.05, 0) is 6.92 Å². The smallest absolute Gasteiger partial charge is 0.321 e. The molecule has 1 heterocycles. The number of cyclic esters (lactones) is 1. The molecule has 0 aliphatic carbocycles. The average molecular weight is 202 g/mol. The average Bonchev–Trinajstić information content (AvgIpc) is 2.11. The number of rotatable bonds is 3. The first-order valence-electron chi connectivity index (χ1n) is 4.38. The first kappa shape index (κ1) is 10.9. The van der Waals surface area contributed by atoms with E-state index in [1.807, 2.05) is 6.92 Å². The SMILES string of the molecule is CC1COC(=O)CN1CC(N)C(=O)O. The number of carbonyl (C=O) groups excluding carboxylic acids is 1. The van der Waals surface area contributed by atoms with E-state index in [2.05, 4.69) is 0 Å². The first-order valence-corrected chi connectivity index (χ1v) is 4.38. The number of carboxylic acid groups (broad SMARTS) is 1. The minimum atomic E-state index is -1.06. The molecule has 1 rings (SSSR count). The Bertz CT molecular complexity index is 243. The lowest BCUT2D eigenvalue weighted by atomic mass is 10.2. The standard InChI is InChI=1S/C8H14N2O4/c1-5-4-14-7(11)3-10(5)2-6(9)8(12)13/h5-6H,2-4,9H2,1H3,(H,12,13). The predicted molar refractivity (Wildman–Crippen MR) is 47.6 cm³/mol. The van der Waals surface area contributed by atoms with Gasteiger partial charge in [-0.25, -0.2) is 0 Å². The number of carboxylic acids is 1. The van der Waals surface area contributed by atoms with Crippen LogP contribution >= 0.6 is 0 Å². The van der Waals surface area contributed by atoms with E-state index in [1.54, 1.807) is 4.90 Å². The second kappa shape index (κ2) is 4.39. The number of hydrogen-bond acceptors (Lipinski definition) is 5. The third-order valence-electron chi connectivity index (χ3n) is 2.19. The highest BCUT2D eigenvalue weighted by atomic mass is 16.5. The van der Waals surface area contributed by atoms with Crippen LogP contribution in [0.1, 0.15) is 6.92 Å². The Balaban J connectivity index is 2.49. The number of hydrogen-bond donors (Lipinski definition) is 2. The molecule has 1 saturated heterocycles. The highest BCUT2D eigenvalue weighted by Crippen LogP contribution is 2.07. The van der Waals surface area contributed by atoms with Crippen LogP contribution in [0.5, 0.6) is 0 Å². The normalized spacial score (nSPS) is 25.6. The molecule has 1 aliphatic rings. The maximum atomic E-state index is 10.9. The quantitative estimate of drug-likeness (QED) is 0.549. The molecule has 1 fully saturated rings. The number of esters is 1. The fraction of sp³-hybridized carbons (Fsp3) is 0.750. The van der Waals surface area contributed by atoms with Gasteiger partial charge in [0.25, 0.3) is 0 Å². The van der Waals surface area contributed by atoms with E-state index in [-0.39, 0.29) is 25.1 Å². The summed E-state index contributed by atoms with van der Waals surface area (Å²) in [4.78, 5) is 23.1. The molecule has 0 amide bonds. The minimum Gasteiger partial charge on any atom is -0.480 e. The summed E-state index contributed by atoms with van der Waals surface area (Å²) >= 11 is 0. The molecule has 2 unspecified atom stereocenters. The fourth-order valence-electron chi connectivity index (χ4n) is 1.26. The van der Waals surface area contributed by atoms with Crippen molar-refractivity contribution in [3.63, 3.8) is 0 Å². The van der Waals surface area contributed by atoms with Crippen LogP contribution in [0.4, 0.5) is 0 Å². The molecule has 2 atom stereocenters. The molecule has 1 aliphatic heterocycles. The van der Waals surface area contributed by atoms with Gasteiger partial charge in [-0.1, -0.05) is 0 Å². The molecule has 0 aromatic carbocycles. The molecule has 0 aromatic rings. The van der Waals surface area contributed by atoms with Crippen molar-refractivity contribution in [3.8, 4) is 0 Å². The molecule has 6 nitrogen and oxygen atoms in total. The number of carbonyl (C=O) groups is 2. The monoisotopic (exact) mass is 202 g/mol. The molecule has 0 spiro atoms. The zero-order chi connectivity index (χ0) is 10.7. The zero-order valence-corrected chi connectivity index (χ0v) is 7.97. The van der Waals surface area contributed by atoms with Crippen LogP contribution in [0.25, 0.3) is 0 Å². The summed E-state index contributed by atoms with van der Waals surface area (Å²) < 4.78 is 4.79. The molecular weight excluding hydrogens is 188 g/mol. The maximum Gasteiger partial charge on any atom is 0.321 e. The Morgan fingerprint density at radius 2 is 2.50 bits per heavy atom. The van der Waals surface area contributed by atoms with Gasteiger partial charge in [-0.15, -0.1) is 0 Å². The minimum absolute atomic E-state index is 0.0260. The molecular formula is C8H14N2O4. The van der Waals surface area contributed by atoms with Crippen LogP contribution in [-0.2, 0) is 14.3 Å². The lowest BCUT2D eigenvalue weighted by Gasteiger charge is -2.32. The molecule has 80 valence electrons. The van der Waals surface area contributed by atoms with Gasteiger partial charge in [0.05, 0.1) is 6.54 Å². The molecule has 3 N–H and O–H groups in total. The number of aliphatic carboxylic acids is 1. The van der Waals surface area contributed by atoms with Crippen LogP contribution in [-0.4, -0.2) is 53.7 Å². The van der Waals surface area contributed by atoms with E-state index in [4.69, 9.17) is 15.6 Å². The van der Waals surface area contributed by atoms with Crippen molar-refractivity contribution in [2.45, 2.75) is 19.0 Å². The topological polar surface area (TPSA) is 92.9 Å². The van der Waals surface area contributed by atoms with Gasteiger partial charge in [0.15, 0.2) is 0 Å². The molecule has 6 heteroatoms. The van der Waals surface area contributed by atoms with Gasteiger partial charge in [0, 0.05) is 12.6 Å². The van der Waals surface area contributed by atoms with E-state index >= 15 is 0 Å². The highest BCUT2D eigenvalue weighted by molar-refractivity contribution is 5.74. The fourth-order valence-corrected chi connectivity index (χ4v) is 1.26. The maximum absolute atomic E-state index is 10.9. The predicted octanol–water partition coefficient (Wildman–Crippen LogP) is -1.35. The van der Waals surface area contributed by atoms with Crippen molar-refractivity contribution in [1.29, 1.82) is 0 Å². The lowest BCUT2D eigenvalue weighted by Crippen LogP contribution is -2.52.